The summed E-state index contributed by atoms with van der Waals surface area (Å²) in [7, 11) is -0.407. The Kier molecular flexibility index (Phi) is 4.72. The van der Waals surface area contributed by atoms with Crippen LogP contribution in [0.1, 0.15) is 17.7 Å². The Bertz CT molecular complexity index is 1060. The van der Waals surface area contributed by atoms with E-state index in [9.17, 15) is 4.57 Å². The number of rotatable bonds is 5. The molecule has 0 aliphatic heterocycles. The Morgan fingerprint density at radius 3 is 2.93 bits per heavy atom. The fourth-order valence-corrected chi connectivity index (χ4v) is 4.51. The molecule has 2 aromatic heterocycles. The number of pyridine rings is 1. The Balaban J connectivity index is 1.74. The summed E-state index contributed by atoms with van der Waals surface area (Å²) in [5.74, 6) is 0.993. The molecule has 27 heavy (non-hydrogen) atoms. The quantitative estimate of drug-likeness (QED) is 0.651. The minimum absolute atomic E-state index is 0.239. The molecule has 4 rings (SSSR count). The monoisotopic (exact) mass is 390 g/mol. The predicted octanol–water partition coefficient (Wildman–Crippen LogP) is 2.99. The van der Waals surface area contributed by atoms with E-state index in [2.05, 4.69) is 22.7 Å². The molecule has 0 amide bonds. The number of nitrogens with zero attached hydrogens (tertiary/aromatic N) is 2. The number of hydrogen-bond acceptors (Lipinski definition) is 4. The molecule has 1 unspecified atom stereocenters. The van der Waals surface area contributed by atoms with Crippen molar-refractivity contribution in [3.63, 3.8) is 0 Å². The van der Waals surface area contributed by atoms with E-state index in [0.29, 0.717) is 6.61 Å². The largest absolute Gasteiger partial charge is 0.494 e. The molecule has 0 bridgehead atoms. The van der Waals surface area contributed by atoms with Gasteiger partial charge in [0, 0.05) is 23.5 Å². The van der Waals surface area contributed by atoms with Gasteiger partial charge in [-0.15, -0.1) is 0 Å². The van der Waals surface area contributed by atoms with Crippen molar-refractivity contribution in [3.8, 4) is 5.75 Å². The molecule has 144 valence electrons. The predicted molar refractivity (Wildman–Crippen MR) is 103 cm³/mol. The average molecular weight is 390 g/mol. The van der Waals surface area contributed by atoms with Crippen LogP contribution >= 0.6 is 7.60 Å². The number of methoxy groups -OCH3 is 1. The Morgan fingerprint density at radius 1 is 1.37 bits per heavy atom. The standard InChI is InChI=1S/C19H23N2O5P/c1-21-15-7-6-12(10-26-11-27(22,23)24)8-14(15)18-13-4-3-5-17(25-2)19(13)20-9-16(18)21/h3-5,9,12H,6-8,10-11H2,1-2H3,(H2,22,23,24). The van der Waals surface area contributed by atoms with Crippen LogP contribution in [-0.2, 0) is 29.2 Å². The number of aryl methyl sites for hydroxylation is 1. The van der Waals surface area contributed by atoms with Crippen LogP contribution in [0.15, 0.2) is 24.4 Å². The molecule has 7 nitrogen and oxygen atoms in total. The van der Waals surface area contributed by atoms with Crippen LogP contribution in [0.3, 0.4) is 0 Å². The van der Waals surface area contributed by atoms with Crippen molar-refractivity contribution < 1.29 is 23.8 Å². The number of benzene rings is 1. The first-order valence-corrected chi connectivity index (χ1v) is 10.7. The van der Waals surface area contributed by atoms with Gasteiger partial charge in [-0.3, -0.25) is 9.55 Å². The Morgan fingerprint density at radius 2 is 2.19 bits per heavy atom. The van der Waals surface area contributed by atoms with E-state index in [1.807, 2.05) is 18.3 Å². The zero-order chi connectivity index (χ0) is 19.2. The number of fused-ring (bicyclic) bond motifs is 5. The van der Waals surface area contributed by atoms with Crippen LogP contribution in [-0.4, -0.2) is 39.4 Å². The van der Waals surface area contributed by atoms with Gasteiger partial charge in [-0.05, 0) is 36.8 Å². The van der Waals surface area contributed by atoms with E-state index in [1.54, 1.807) is 7.11 Å². The van der Waals surface area contributed by atoms with Crippen molar-refractivity contribution in [2.75, 3.05) is 20.1 Å². The lowest BCUT2D eigenvalue weighted by molar-refractivity contribution is 0.115. The summed E-state index contributed by atoms with van der Waals surface area (Å²) in [4.78, 5) is 22.6. The summed E-state index contributed by atoms with van der Waals surface area (Å²) in [5.41, 5.74) is 4.52. The van der Waals surface area contributed by atoms with Crippen molar-refractivity contribution in [1.82, 2.24) is 9.55 Å². The second kappa shape index (κ2) is 6.91. The molecule has 0 spiro atoms. The van der Waals surface area contributed by atoms with Gasteiger partial charge in [-0.25, -0.2) is 0 Å². The summed E-state index contributed by atoms with van der Waals surface area (Å²) in [6, 6.07) is 5.96. The molecule has 0 saturated carbocycles. The molecule has 2 heterocycles. The first kappa shape index (κ1) is 18.4. The molecule has 0 fully saturated rings. The molecule has 1 atom stereocenters. The van der Waals surface area contributed by atoms with Crippen LogP contribution in [0.4, 0.5) is 0 Å². The topological polar surface area (TPSA) is 93.8 Å². The highest BCUT2D eigenvalue weighted by molar-refractivity contribution is 7.51. The van der Waals surface area contributed by atoms with E-state index in [0.717, 1.165) is 41.4 Å². The van der Waals surface area contributed by atoms with Crippen LogP contribution < -0.4 is 4.74 Å². The minimum atomic E-state index is -4.12. The highest BCUT2D eigenvalue weighted by Crippen LogP contribution is 2.39. The summed E-state index contributed by atoms with van der Waals surface area (Å²) >= 11 is 0. The van der Waals surface area contributed by atoms with E-state index in [-0.39, 0.29) is 5.92 Å². The smallest absolute Gasteiger partial charge is 0.350 e. The van der Waals surface area contributed by atoms with Crippen molar-refractivity contribution >= 4 is 29.4 Å². The maximum atomic E-state index is 11.0. The van der Waals surface area contributed by atoms with Gasteiger partial charge in [-0.1, -0.05) is 12.1 Å². The minimum Gasteiger partial charge on any atom is -0.494 e. The summed E-state index contributed by atoms with van der Waals surface area (Å²) in [6.07, 6.45) is 4.06. The lowest BCUT2D eigenvalue weighted by atomic mass is 9.86. The van der Waals surface area contributed by atoms with Crippen LogP contribution in [0.5, 0.6) is 5.75 Å². The van der Waals surface area contributed by atoms with Crippen molar-refractivity contribution in [3.05, 3.63) is 35.7 Å². The SMILES string of the molecule is COc1cccc2c1ncc1c2c2c(n1C)CCC(COCP(=O)(O)O)C2. The van der Waals surface area contributed by atoms with E-state index in [4.69, 9.17) is 19.3 Å². The van der Waals surface area contributed by atoms with Gasteiger partial charge in [0.2, 0.25) is 0 Å². The molecule has 3 aromatic rings. The van der Waals surface area contributed by atoms with Gasteiger partial charge >= 0.3 is 7.60 Å². The lowest BCUT2D eigenvalue weighted by Crippen LogP contribution is -2.20. The maximum absolute atomic E-state index is 11.0. The van der Waals surface area contributed by atoms with Crippen molar-refractivity contribution in [2.24, 2.45) is 13.0 Å². The lowest BCUT2D eigenvalue weighted by Gasteiger charge is -2.23. The van der Waals surface area contributed by atoms with Crippen molar-refractivity contribution in [1.29, 1.82) is 0 Å². The average Bonchev–Trinajstić information content (AvgIpc) is 2.92. The molecule has 1 aliphatic rings. The molecular formula is C19H23N2O5P. The Labute approximate surface area is 157 Å². The van der Waals surface area contributed by atoms with Crippen molar-refractivity contribution in [2.45, 2.75) is 19.3 Å². The van der Waals surface area contributed by atoms with Gasteiger partial charge in [-0.2, -0.15) is 0 Å². The van der Waals surface area contributed by atoms with Gasteiger partial charge < -0.3 is 23.8 Å². The molecule has 8 heteroatoms. The molecule has 1 aromatic carbocycles. The van der Waals surface area contributed by atoms with Crippen LogP contribution in [0.2, 0.25) is 0 Å². The van der Waals surface area contributed by atoms with Crippen LogP contribution in [0.25, 0.3) is 21.8 Å². The third kappa shape index (κ3) is 3.36. The number of para-hydroxylation sites is 1. The molecule has 0 radical (unpaired) electrons. The summed E-state index contributed by atoms with van der Waals surface area (Å²) in [6.45, 7) is 0.354. The summed E-state index contributed by atoms with van der Waals surface area (Å²) < 4.78 is 24.0. The second-order valence-corrected chi connectivity index (χ2v) is 8.72. The molecule has 1 aliphatic carbocycles. The third-order valence-corrected chi connectivity index (χ3v) is 5.89. The van der Waals surface area contributed by atoms with Gasteiger partial charge in [0.25, 0.3) is 0 Å². The number of ether oxygens (including phenoxy) is 2. The third-order valence-electron chi connectivity index (χ3n) is 5.37. The number of aromatic nitrogens is 2. The van der Waals surface area contributed by atoms with Gasteiger partial charge in [0.05, 0.1) is 25.4 Å². The van der Waals surface area contributed by atoms with Crippen LogP contribution in [0, 0.1) is 5.92 Å². The van der Waals surface area contributed by atoms with Gasteiger partial charge in [0.15, 0.2) is 0 Å². The fraction of sp³-hybridized carbons (Fsp3) is 0.421. The zero-order valence-corrected chi connectivity index (χ0v) is 16.3. The first-order valence-electron chi connectivity index (χ1n) is 8.93. The Hall–Kier alpha value is -1.92. The normalized spacial score (nSPS) is 17.4. The molecular weight excluding hydrogens is 367 g/mol. The fourth-order valence-electron chi connectivity index (χ4n) is 4.16. The summed E-state index contributed by atoms with van der Waals surface area (Å²) in [5, 5.41) is 2.26. The molecule has 0 saturated heterocycles. The zero-order valence-electron chi connectivity index (χ0n) is 15.4. The van der Waals surface area contributed by atoms with Gasteiger partial charge in [0.1, 0.15) is 17.6 Å². The first-order chi connectivity index (χ1) is 12.9. The number of hydrogen-bond donors (Lipinski definition) is 2. The molecule has 2 N–H and O–H groups in total. The van der Waals surface area contributed by atoms with E-state index in [1.165, 1.54) is 16.6 Å². The van der Waals surface area contributed by atoms with E-state index >= 15 is 0 Å². The van der Waals surface area contributed by atoms with E-state index < -0.39 is 13.9 Å². The highest BCUT2D eigenvalue weighted by atomic mass is 31.2. The second-order valence-electron chi connectivity index (χ2n) is 7.13. The maximum Gasteiger partial charge on any atom is 0.350 e. The highest BCUT2D eigenvalue weighted by Gasteiger charge is 2.27.